The molecule has 6 heteroatoms. The van der Waals surface area contributed by atoms with Gasteiger partial charge in [-0.1, -0.05) is 0 Å². The van der Waals surface area contributed by atoms with Crippen molar-refractivity contribution < 1.29 is 14.6 Å². The summed E-state index contributed by atoms with van der Waals surface area (Å²) >= 11 is 1.79. The SMILES string of the molecule is O=C([C@@H]1C[C@@H](O)CN1C1CCOCC1)N1CCc2sccc2C1. The van der Waals surface area contributed by atoms with Crippen LogP contribution in [0.1, 0.15) is 29.7 Å². The maximum atomic E-state index is 13.1. The molecule has 5 nitrogen and oxygen atoms in total. The summed E-state index contributed by atoms with van der Waals surface area (Å²) < 4.78 is 5.44. The zero-order valence-electron chi connectivity index (χ0n) is 13.3. The number of thiophene rings is 1. The van der Waals surface area contributed by atoms with E-state index >= 15 is 0 Å². The zero-order valence-corrected chi connectivity index (χ0v) is 14.1. The third-order valence-corrected chi connectivity index (χ3v) is 6.40. The molecule has 4 heterocycles. The summed E-state index contributed by atoms with van der Waals surface area (Å²) in [4.78, 5) is 18.7. The first-order chi connectivity index (χ1) is 11.2. The van der Waals surface area contributed by atoms with Crippen LogP contribution in [-0.4, -0.2) is 65.3 Å². The lowest BCUT2D eigenvalue weighted by atomic mass is 10.0. The quantitative estimate of drug-likeness (QED) is 0.883. The van der Waals surface area contributed by atoms with E-state index in [2.05, 4.69) is 16.3 Å². The number of amides is 1. The maximum absolute atomic E-state index is 13.1. The van der Waals surface area contributed by atoms with Gasteiger partial charge < -0.3 is 14.7 Å². The number of carbonyl (C=O) groups excluding carboxylic acids is 1. The minimum absolute atomic E-state index is 0.159. The second-order valence-electron chi connectivity index (χ2n) is 6.82. The fourth-order valence-corrected chi connectivity index (χ4v) is 5.04. The average molecular weight is 336 g/mol. The number of aliphatic hydroxyl groups is 1. The van der Waals surface area contributed by atoms with Gasteiger partial charge >= 0.3 is 0 Å². The topological polar surface area (TPSA) is 53.0 Å². The molecule has 3 aliphatic rings. The molecule has 3 aliphatic heterocycles. The third kappa shape index (κ3) is 3.05. The highest BCUT2D eigenvalue weighted by molar-refractivity contribution is 7.10. The Morgan fingerprint density at radius 2 is 2.17 bits per heavy atom. The van der Waals surface area contributed by atoms with Crippen molar-refractivity contribution in [2.75, 3.05) is 26.3 Å². The summed E-state index contributed by atoms with van der Waals surface area (Å²) in [6, 6.07) is 2.35. The van der Waals surface area contributed by atoms with Gasteiger partial charge in [-0.15, -0.1) is 11.3 Å². The van der Waals surface area contributed by atoms with Crippen molar-refractivity contribution in [3.63, 3.8) is 0 Å². The minimum atomic E-state index is -0.381. The molecule has 4 rings (SSSR count). The van der Waals surface area contributed by atoms with E-state index in [1.54, 1.807) is 11.3 Å². The third-order valence-electron chi connectivity index (χ3n) is 5.38. The fourth-order valence-electron chi connectivity index (χ4n) is 4.15. The number of carbonyl (C=O) groups is 1. The largest absolute Gasteiger partial charge is 0.392 e. The number of β-amino-alcohol motifs (C(OH)–C–C–N with tert-alkyl or cyclic N) is 1. The van der Waals surface area contributed by atoms with Gasteiger partial charge in [-0.25, -0.2) is 0 Å². The molecule has 0 aliphatic carbocycles. The summed E-state index contributed by atoms with van der Waals surface area (Å²) in [6.07, 6.45) is 3.08. The predicted octanol–water partition coefficient (Wildman–Crippen LogP) is 1.25. The Bertz CT molecular complexity index is 570. The molecule has 0 saturated carbocycles. The zero-order chi connectivity index (χ0) is 15.8. The summed E-state index contributed by atoms with van der Waals surface area (Å²) in [6.45, 7) is 3.69. The van der Waals surface area contributed by atoms with Crippen molar-refractivity contribution in [1.82, 2.24) is 9.80 Å². The Hall–Kier alpha value is -0.950. The number of nitrogens with zero attached hydrogens (tertiary/aromatic N) is 2. The van der Waals surface area contributed by atoms with E-state index in [4.69, 9.17) is 4.74 Å². The van der Waals surface area contributed by atoms with Crippen molar-refractivity contribution in [2.24, 2.45) is 0 Å². The van der Waals surface area contributed by atoms with Gasteiger partial charge in [0.25, 0.3) is 0 Å². The van der Waals surface area contributed by atoms with Crippen molar-refractivity contribution in [2.45, 2.75) is 50.4 Å². The van der Waals surface area contributed by atoms with Crippen LogP contribution in [0.5, 0.6) is 0 Å². The molecule has 0 spiro atoms. The first-order valence-corrected chi connectivity index (χ1v) is 9.46. The summed E-state index contributed by atoms with van der Waals surface area (Å²) in [5.41, 5.74) is 1.30. The molecule has 126 valence electrons. The van der Waals surface area contributed by atoms with Gasteiger partial charge in [0.15, 0.2) is 0 Å². The molecule has 1 amide bonds. The van der Waals surface area contributed by atoms with Gasteiger partial charge in [-0.05, 0) is 42.7 Å². The first-order valence-electron chi connectivity index (χ1n) is 8.58. The van der Waals surface area contributed by atoms with Crippen molar-refractivity contribution in [1.29, 1.82) is 0 Å². The van der Waals surface area contributed by atoms with Gasteiger partial charge in [0.2, 0.25) is 5.91 Å². The van der Waals surface area contributed by atoms with Crippen molar-refractivity contribution >= 4 is 17.2 Å². The van der Waals surface area contributed by atoms with E-state index in [1.165, 1.54) is 10.4 Å². The fraction of sp³-hybridized carbons (Fsp3) is 0.706. The number of likely N-dealkylation sites (tertiary alicyclic amines) is 1. The maximum Gasteiger partial charge on any atom is 0.240 e. The van der Waals surface area contributed by atoms with E-state index < -0.39 is 0 Å². The number of rotatable bonds is 2. The summed E-state index contributed by atoms with van der Waals surface area (Å²) in [5, 5.41) is 12.2. The van der Waals surface area contributed by atoms with Crippen LogP contribution in [0, 0.1) is 0 Å². The Labute approximate surface area is 140 Å². The highest BCUT2D eigenvalue weighted by Gasteiger charge is 2.42. The lowest BCUT2D eigenvalue weighted by Crippen LogP contribution is -2.51. The molecule has 2 fully saturated rings. The molecular formula is C17H24N2O3S. The second kappa shape index (κ2) is 6.51. The normalized spacial score (nSPS) is 29.7. The Kier molecular flexibility index (Phi) is 4.41. The molecule has 23 heavy (non-hydrogen) atoms. The molecule has 1 N–H and O–H groups in total. The Morgan fingerprint density at radius 1 is 1.35 bits per heavy atom. The smallest absolute Gasteiger partial charge is 0.240 e. The van der Waals surface area contributed by atoms with Gasteiger partial charge in [0.05, 0.1) is 12.1 Å². The van der Waals surface area contributed by atoms with E-state index in [0.29, 0.717) is 19.0 Å². The van der Waals surface area contributed by atoms with Gasteiger partial charge in [-0.3, -0.25) is 9.69 Å². The first kappa shape index (κ1) is 15.6. The van der Waals surface area contributed by atoms with Gasteiger partial charge in [-0.2, -0.15) is 0 Å². The highest BCUT2D eigenvalue weighted by Crippen LogP contribution is 2.30. The molecule has 0 radical (unpaired) electrons. The summed E-state index contributed by atoms with van der Waals surface area (Å²) in [7, 11) is 0. The number of ether oxygens (including phenoxy) is 1. The van der Waals surface area contributed by atoms with Crippen LogP contribution in [0.3, 0.4) is 0 Å². The van der Waals surface area contributed by atoms with Crippen LogP contribution in [0.4, 0.5) is 0 Å². The summed E-state index contributed by atoms with van der Waals surface area (Å²) in [5.74, 6) is 0.199. The lowest BCUT2D eigenvalue weighted by molar-refractivity contribution is -0.138. The van der Waals surface area contributed by atoms with Crippen LogP contribution >= 0.6 is 11.3 Å². The van der Waals surface area contributed by atoms with E-state index in [1.807, 2.05) is 4.90 Å². The molecule has 0 aromatic carbocycles. The number of hydrogen-bond donors (Lipinski definition) is 1. The molecule has 1 aromatic heterocycles. The average Bonchev–Trinajstić information content (AvgIpc) is 3.20. The van der Waals surface area contributed by atoms with Crippen molar-refractivity contribution in [3.8, 4) is 0 Å². The number of fused-ring (bicyclic) bond motifs is 1. The molecule has 0 bridgehead atoms. The van der Waals surface area contributed by atoms with Crippen LogP contribution in [0.25, 0.3) is 0 Å². The van der Waals surface area contributed by atoms with Gasteiger partial charge in [0, 0.05) is 43.8 Å². The highest BCUT2D eigenvalue weighted by atomic mass is 32.1. The Balaban J connectivity index is 1.48. The molecule has 2 atom stereocenters. The molecular weight excluding hydrogens is 312 g/mol. The van der Waals surface area contributed by atoms with Crippen LogP contribution in [0.2, 0.25) is 0 Å². The van der Waals surface area contributed by atoms with Crippen LogP contribution in [-0.2, 0) is 22.5 Å². The van der Waals surface area contributed by atoms with E-state index in [9.17, 15) is 9.90 Å². The standard InChI is InChI=1S/C17H24N2O3S/c20-14-9-15(19(11-14)13-2-6-22-7-3-13)17(21)18-5-1-16-12(10-18)4-8-23-16/h4,8,13-15,20H,1-3,5-7,9-11H2/t14-,15+/m1/s1. The number of aliphatic hydroxyl groups excluding tert-OH is 1. The van der Waals surface area contributed by atoms with E-state index in [-0.39, 0.29) is 18.1 Å². The van der Waals surface area contributed by atoms with Crippen LogP contribution in [0.15, 0.2) is 11.4 Å². The lowest BCUT2D eigenvalue weighted by Gasteiger charge is -2.37. The second-order valence-corrected chi connectivity index (χ2v) is 7.83. The molecule has 1 aromatic rings. The minimum Gasteiger partial charge on any atom is -0.392 e. The van der Waals surface area contributed by atoms with Crippen molar-refractivity contribution in [3.05, 3.63) is 21.9 Å². The molecule has 2 saturated heterocycles. The Morgan fingerprint density at radius 3 is 3.00 bits per heavy atom. The number of hydrogen-bond acceptors (Lipinski definition) is 5. The van der Waals surface area contributed by atoms with Crippen LogP contribution < -0.4 is 0 Å². The predicted molar refractivity (Wildman–Crippen MR) is 88.4 cm³/mol. The molecule has 0 unspecified atom stereocenters. The van der Waals surface area contributed by atoms with E-state index in [0.717, 1.165) is 45.6 Å². The van der Waals surface area contributed by atoms with Gasteiger partial charge in [0.1, 0.15) is 0 Å². The monoisotopic (exact) mass is 336 g/mol.